The molecule has 6 heteroatoms. The Morgan fingerprint density at radius 3 is 2.87 bits per heavy atom. The molecule has 0 radical (unpaired) electrons. The molecule has 1 aromatic heterocycles. The van der Waals surface area contributed by atoms with Gasteiger partial charge in [-0.05, 0) is 50.1 Å². The maximum absolute atomic E-state index is 12.9. The number of nitrogens with zero attached hydrogens (tertiary/aromatic N) is 2. The average Bonchev–Trinajstić information content (AvgIpc) is 3.11. The van der Waals surface area contributed by atoms with E-state index in [1.54, 1.807) is 13.1 Å². The lowest BCUT2D eigenvalue weighted by Crippen LogP contribution is -2.45. The van der Waals surface area contributed by atoms with Crippen LogP contribution in [0.2, 0.25) is 0 Å². The molecular formula is C17H20FN3O2. The number of aromatic nitrogens is 2. The summed E-state index contributed by atoms with van der Waals surface area (Å²) in [7, 11) is 0. The van der Waals surface area contributed by atoms with E-state index in [0.717, 1.165) is 25.1 Å². The number of hydrogen-bond acceptors (Lipinski definition) is 3. The Balaban J connectivity index is 1.61. The van der Waals surface area contributed by atoms with E-state index < -0.39 is 6.10 Å². The second-order valence-corrected chi connectivity index (χ2v) is 5.85. The van der Waals surface area contributed by atoms with Crippen molar-refractivity contribution < 1.29 is 13.9 Å². The first-order chi connectivity index (χ1) is 11.1. The Kier molecular flexibility index (Phi) is 4.60. The van der Waals surface area contributed by atoms with Gasteiger partial charge < -0.3 is 9.64 Å². The molecule has 0 saturated carbocycles. The highest BCUT2D eigenvalue weighted by Crippen LogP contribution is 2.26. The van der Waals surface area contributed by atoms with E-state index in [4.69, 9.17) is 4.74 Å². The van der Waals surface area contributed by atoms with Crippen LogP contribution in [-0.4, -0.2) is 40.2 Å². The molecule has 1 aromatic carbocycles. The van der Waals surface area contributed by atoms with Crippen molar-refractivity contribution in [1.29, 1.82) is 0 Å². The van der Waals surface area contributed by atoms with Gasteiger partial charge in [-0.3, -0.25) is 9.89 Å². The fraction of sp³-hybridized carbons (Fsp3) is 0.412. The molecule has 2 aromatic rings. The molecule has 1 saturated heterocycles. The molecule has 23 heavy (non-hydrogen) atoms. The Bertz CT molecular complexity index is 642. The Labute approximate surface area is 134 Å². The van der Waals surface area contributed by atoms with Crippen molar-refractivity contribution in [3.8, 4) is 5.75 Å². The zero-order valence-electron chi connectivity index (χ0n) is 13.0. The lowest BCUT2D eigenvalue weighted by molar-refractivity contribution is -0.139. The average molecular weight is 317 g/mol. The number of likely N-dealkylation sites (tertiary alicyclic amines) is 1. The molecule has 1 N–H and O–H groups in total. The van der Waals surface area contributed by atoms with Gasteiger partial charge in [0.2, 0.25) is 0 Å². The fourth-order valence-electron chi connectivity index (χ4n) is 2.95. The number of H-pyrrole nitrogens is 1. The maximum Gasteiger partial charge on any atom is 0.263 e. The van der Waals surface area contributed by atoms with E-state index in [1.807, 2.05) is 11.0 Å². The van der Waals surface area contributed by atoms with Crippen LogP contribution in [-0.2, 0) is 4.79 Å². The highest BCUT2D eigenvalue weighted by atomic mass is 19.1. The highest BCUT2D eigenvalue weighted by Gasteiger charge is 2.29. The van der Waals surface area contributed by atoms with Crippen molar-refractivity contribution in [2.75, 3.05) is 13.1 Å². The Hall–Kier alpha value is -2.37. The van der Waals surface area contributed by atoms with E-state index in [9.17, 15) is 9.18 Å². The highest BCUT2D eigenvalue weighted by molar-refractivity contribution is 5.81. The van der Waals surface area contributed by atoms with Gasteiger partial charge >= 0.3 is 0 Å². The van der Waals surface area contributed by atoms with Gasteiger partial charge in [0.15, 0.2) is 6.10 Å². The normalized spacial score (nSPS) is 19.4. The Morgan fingerprint density at radius 2 is 2.17 bits per heavy atom. The van der Waals surface area contributed by atoms with Gasteiger partial charge in [0, 0.05) is 30.9 Å². The summed E-state index contributed by atoms with van der Waals surface area (Å²) in [6.07, 6.45) is 3.13. The summed E-state index contributed by atoms with van der Waals surface area (Å²) < 4.78 is 18.5. The van der Waals surface area contributed by atoms with Crippen LogP contribution >= 0.6 is 0 Å². The molecule has 0 bridgehead atoms. The molecule has 122 valence electrons. The number of piperidine rings is 1. The van der Waals surface area contributed by atoms with E-state index >= 15 is 0 Å². The predicted octanol–water partition coefficient (Wildman–Crippen LogP) is 2.72. The summed E-state index contributed by atoms with van der Waals surface area (Å²) in [5.41, 5.74) is 1.06. The molecule has 2 atom stereocenters. The standard InChI is InChI=1S/C17H20FN3O2/c1-12(23-15-6-4-14(18)5-7-15)17(22)21-10-2-3-13(11-21)16-8-9-19-20-16/h4-9,12-13H,2-3,10-11H2,1H3,(H,19,20)/t12-,13-/m1/s1. The van der Waals surface area contributed by atoms with Crippen molar-refractivity contribution >= 4 is 5.91 Å². The minimum Gasteiger partial charge on any atom is -0.481 e. The third kappa shape index (κ3) is 3.70. The van der Waals surface area contributed by atoms with Crippen LogP contribution < -0.4 is 4.74 Å². The number of halogens is 1. The number of nitrogens with one attached hydrogen (secondary N) is 1. The van der Waals surface area contributed by atoms with Crippen molar-refractivity contribution in [3.63, 3.8) is 0 Å². The number of carbonyl (C=O) groups is 1. The SMILES string of the molecule is C[C@@H](Oc1ccc(F)cc1)C(=O)N1CCC[C@@H](c2ccn[nH]2)C1. The molecule has 0 spiro atoms. The van der Waals surface area contributed by atoms with Crippen LogP contribution in [0.15, 0.2) is 36.5 Å². The van der Waals surface area contributed by atoms with Crippen molar-refractivity contribution in [2.45, 2.75) is 31.8 Å². The number of amides is 1. The van der Waals surface area contributed by atoms with E-state index in [0.29, 0.717) is 12.3 Å². The molecule has 1 amide bonds. The third-order valence-corrected chi connectivity index (χ3v) is 4.17. The summed E-state index contributed by atoms with van der Waals surface area (Å²) in [5.74, 6) is 0.413. The zero-order valence-corrected chi connectivity index (χ0v) is 13.0. The van der Waals surface area contributed by atoms with E-state index in [-0.39, 0.29) is 17.6 Å². The number of benzene rings is 1. The molecule has 5 nitrogen and oxygen atoms in total. The van der Waals surface area contributed by atoms with Gasteiger partial charge in [-0.25, -0.2) is 4.39 Å². The molecular weight excluding hydrogens is 297 g/mol. The van der Waals surface area contributed by atoms with Gasteiger partial charge in [-0.1, -0.05) is 0 Å². The Morgan fingerprint density at radius 1 is 1.39 bits per heavy atom. The van der Waals surface area contributed by atoms with Crippen LogP contribution in [0.3, 0.4) is 0 Å². The fourth-order valence-corrected chi connectivity index (χ4v) is 2.95. The van der Waals surface area contributed by atoms with Crippen LogP contribution in [0.4, 0.5) is 4.39 Å². The van der Waals surface area contributed by atoms with Crippen LogP contribution in [0, 0.1) is 5.82 Å². The molecule has 2 heterocycles. The van der Waals surface area contributed by atoms with Gasteiger partial charge in [0.25, 0.3) is 5.91 Å². The summed E-state index contributed by atoms with van der Waals surface area (Å²) >= 11 is 0. The summed E-state index contributed by atoms with van der Waals surface area (Å²) in [6, 6.07) is 7.66. The molecule has 1 fully saturated rings. The van der Waals surface area contributed by atoms with Crippen molar-refractivity contribution in [3.05, 3.63) is 48.0 Å². The van der Waals surface area contributed by atoms with Crippen LogP contribution in [0.25, 0.3) is 0 Å². The number of rotatable bonds is 4. The quantitative estimate of drug-likeness (QED) is 0.943. The summed E-state index contributed by atoms with van der Waals surface area (Å²) in [6.45, 7) is 3.13. The first kappa shape index (κ1) is 15.5. The minimum atomic E-state index is -0.596. The van der Waals surface area contributed by atoms with E-state index in [1.165, 1.54) is 24.3 Å². The number of carbonyl (C=O) groups excluding carboxylic acids is 1. The second kappa shape index (κ2) is 6.81. The lowest BCUT2D eigenvalue weighted by Gasteiger charge is -2.33. The molecule has 0 aliphatic carbocycles. The smallest absolute Gasteiger partial charge is 0.263 e. The third-order valence-electron chi connectivity index (χ3n) is 4.17. The van der Waals surface area contributed by atoms with Gasteiger partial charge in [0.1, 0.15) is 11.6 Å². The molecule has 1 aliphatic rings. The van der Waals surface area contributed by atoms with Gasteiger partial charge in [0.05, 0.1) is 0 Å². The largest absolute Gasteiger partial charge is 0.481 e. The minimum absolute atomic E-state index is 0.0430. The first-order valence-corrected chi connectivity index (χ1v) is 7.84. The second-order valence-electron chi connectivity index (χ2n) is 5.85. The van der Waals surface area contributed by atoms with Crippen molar-refractivity contribution in [1.82, 2.24) is 15.1 Å². The van der Waals surface area contributed by atoms with Gasteiger partial charge in [-0.15, -0.1) is 0 Å². The molecule has 0 unspecified atom stereocenters. The van der Waals surface area contributed by atoms with Crippen LogP contribution in [0.5, 0.6) is 5.75 Å². The monoisotopic (exact) mass is 317 g/mol. The van der Waals surface area contributed by atoms with Crippen LogP contribution in [0.1, 0.15) is 31.4 Å². The van der Waals surface area contributed by atoms with E-state index in [2.05, 4.69) is 10.2 Å². The maximum atomic E-state index is 12.9. The summed E-state index contributed by atoms with van der Waals surface area (Å²) in [4.78, 5) is 14.4. The molecule has 1 aliphatic heterocycles. The topological polar surface area (TPSA) is 58.2 Å². The molecule has 3 rings (SSSR count). The number of aromatic amines is 1. The number of hydrogen-bond donors (Lipinski definition) is 1. The summed E-state index contributed by atoms with van der Waals surface area (Å²) in [5, 5.41) is 6.97. The van der Waals surface area contributed by atoms with Crippen molar-refractivity contribution in [2.24, 2.45) is 0 Å². The van der Waals surface area contributed by atoms with Gasteiger partial charge in [-0.2, -0.15) is 5.10 Å². The zero-order chi connectivity index (χ0) is 16.2. The predicted molar refractivity (Wildman–Crippen MR) is 83.6 cm³/mol. The lowest BCUT2D eigenvalue weighted by atomic mass is 9.94. The first-order valence-electron chi connectivity index (χ1n) is 7.84. The number of ether oxygens (including phenoxy) is 1.